The van der Waals surface area contributed by atoms with Gasteiger partial charge in [-0.2, -0.15) is 5.26 Å². The van der Waals surface area contributed by atoms with Gasteiger partial charge < -0.3 is 10.1 Å². The highest BCUT2D eigenvalue weighted by Crippen LogP contribution is 2.27. The quantitative estimate of drug-likeness (QED) is 0.701. The molecule has 2 fully saturated rings. The van der Waals surface area contributed by atoms with Gasteiger partial charge in [-0.3, -0.25) is 10.2 Å². The molecule has 1 aliphatic heterocycles. The fourth-order valence-corrected chi connectivity index (χ4v) is 4.09. The number of hydrogen-bond acceptors (Lipinski definition) is 5. The molecule has 0 aromatic heterocycles. The molecule has 1 aromatic rings. The standard InChI is InChI=1S/C21H29ClN4O2/c1-13(2)19-9-10-20(26-25-19)21(27)24-15-4-7-16(8-5-15)28-17-6-3-14(12-23)18(22)11-17/h3,6,11,13,15-16,19-20,25-26H,4-5,7-10H2,1-2H3,(H,24,27). The molecule has 1 aromatic carbocycles. The lowest BCUT2D eigenvalue weighted by Crippen LogP contribution is -2.59. The van der Waals surface area contributed by atoms with Crippen LogP contribution in [0.5, 0.6) is 5.75 Å². The van der Waals surface area contributed by atoms with Crippen molar-refractivity contribution in [1.29, 1.82) is 5.26 Å². The van der Waals surface area contributed by atoms with Crippen molar-refractivity contribution in [3.8, 4) is 11.8 Å². The van der Waals surface area contributed by atoms with E-state index >= 15 is 0 Å². The van der Waals surface area contributed by atoms with E-state index in [4.69, 9.17) is 21.6 Å². The summed E-state index contributed by atoms with van der Waals surface area (Å²) in [6, 6.07) is 7.66. The van der Waals surface area contributed by atoms with E-state index < -0.39 is 0 Å². The normalized spacial score (nSPS) is 27.8. The molecule has 7 heteroatoms. The monoisotopic (exact) mass is 404 g/mol. The smallest absolute Gasteiger partial charge is 0.238 e. The van der Waals surface area contributed by atoms with Gasteiger partial charge in [-0.05, 0) is 56.6 Å². The average molecular weight is 405 g/mol. The second kappa shape index (κ2) is 9.60. The Morgan fingerprint density at radius 3 is 2.54 bits per heavy atom. The first kappa shape index (κ1) is 20.9. The highest BCUT2D eigenvalue weighted by atomic mass is 35.5. The van der Waals surface area contributed by atoms with Crippen LogP contribution in [-0.4, -0.2) is 30.1 Å². The highest BCUT2D eigenvalue weighted by Gasteiger charge is 2.30. The average Bonchev–Trinajstić information content (AvgIpc) is 2.69. The van der Waals surface area contributed by atoms with Gasteiger partial charge in [-0.1, -0.05) is 25.4 Å². The molecule has 0 bridgehead atoms. The zero-order chi connectivity index (χ0) is 20.1. The lowest BCUT2D eigenvalue weighted by atomic mass is 9.92. The number of hydrogen-bond donors (Lipinski definition) is 3. The lowest BCUT2D eigenvalue weighted by molar-refractivity contribution is -0.125. The minimum Gasteiger partial charge on any atom is -0.490 e. The van der Waals surface area contributed by atoms with Gasteiger partial charge >= 0.3 is 0 Å². The molecular weight excluding hydrogens is 376 g/mol. The molecule has 3 N–H and O–H groups in total. The maximum Gasteiger partial charge on any atom is 0.238 e. The largest absolute Gasteiger partial charge is 0.490 e. The lowest BCUT2D eigenvalue weighted by Gasteiger charge is -2.34. The third-order valence-corrected chi connectivity index (χ3v) is 6.03. The number of rotatable bonds is 5. The number of benzene rings is 1. The second-order valence-electron chi connectivity index (χ2n) is 8.12. The summed E-state index contributed by atoms with van der Waals surface area (Å²) < 4.78 is 6.01. The van der Waals surface area contributed by atoms with Gasteiger partial charge in [0.25, 0.3) is 0 Å². The Morgan fingerprint density at radius 2 is 1.96 bits per heavy atom. The van der Waals surface area contributed by atoms with Crippen molar-refractivity contribution in [3.05, 3.63) is 28.8 Å². The first-order valence-electron chi connectivity index (χ1n) is 10.1. The predicted molar refractivity (Wildman–Crippen MR) is 109 cm³/mol. The Hall–Kier alpha value is -1.81. The summed E-state index contributed by atoms with van der Waals surface area (Å²) in [5.41, 5.74) is 6.90. The number of halogens is 1. The number of nitrogens with one attached hydrogen (secondary N) is 3. The summed E-state index contributed by atoms with van der Waals surface area (Å²) in [6.07, 6.45) is 5.54. The van der Waals surface area contributed by atoms with Gasteiger partial charge in [0.1, 0.15) is 11.8 Å². The fourth-order valence-electron chi connectivity index (χ4n) is 3.87. The first-order chi connectivity index (χ1) is 13.5. The van der Waals surface area contributed by atoms with Crippen molar-refractivity contribution in [2.75, 3.05) is 0 Å². The Bertz CT molecular complexity index is 718. The van der Waals surface area contributed by atoms with Gasteiger partial charge in [-0.15, -0.1) is 0 Å². The molecule has 1 saturated carbocycles. The molecule has 0 spiro atoms. The summed E-state index contributed by atoms with van der Waals surface area (Å²) in [6.45, 7) is 4.37. The van der Waals surface area contributed by atoms with Crippen LogP contribution in [0.1, 0.15) is 57.9 Å². The maximum atomic E-state index is 12.5. The molecule has 2 unspecified atom stereocenters. The van der Waals surface area contributed by atoms with E-state index in [0.717, 1.165) is 38.5 Å². The summed E-state index contributed by atoms with van der Waals surface area (Å²) in [5.74, 6) is 1.32. The zero-order valence-corrected chi connectivity index (χ0v) is 17.3. The van der Waals surface area contributed by atoms with Crippen LogP contribution < -0.4 is 20.9 Å². The maximum absolute atomic E-state index is 12.5. The van der Waals surface area contributed by atoms with Crippen molar-refractivity contribution in [2.24, 2.45) is 5.92 Å². The summed E-state index contributed by atoms with van der Waals surface area (Å²) in [4.78, 5) is 12.5. The highest BCUT2D eigenvalue weighted by molar-refractivity contribution is 6.31. The number of ether oxygens (including phenoxy) is 1. The van der Waals surface area contributed by atoms with Crippen LogP contribution in [0.3, 0.4) is 0 Å². The first-order valence-corrected chi connectivity index (χ1v) is 10.5. The van der Waals surface area contributed by atoms with E-state index in [9.17, 15) is 4.79 Å². The van der Waals surface area contributed by atoms with Crippen LogP contribution in [0, 0.1) is 17.2 Å². The van der Waals surface area contributed by atoms with Crippen molar-refractivity contribution in [3.63, 3.8) is 0 Å². The molecular formula is C21H29ClN4O2. The van der Waals surface area contributed by atoms with Gasteiger partial charge in [0.05, 0.1) is 22.7 Å². The molecule has 2 atom stereocenters. The fraction of sp³-hybridized carbons (Fsp3) is 0.619. The second-order valence-corrected chi connectivity index (χ2v) is 8.53. The molecule has 1 aliphatic carbocycles. The Balaban J connectivity index is 1.41. The van der Waals surface area contributed by atoms with Crippen molar-refractivity contribution >= 4 is 17.5 Å². The summed E-state index contributed by atoms with van der Waals surface area (Å²) in [5, 5.41) is 12.5. The number of amides is 1. The van der Waals surface area contributed by atoms with E-state index in [1.165, 1.54) is 0 Å². The van der Waals surface area contributed by atoms with E-state index in [-0.39, 0.29) is 24.1 Å². The van der Waals surface area contributed by atoms with E-state index in [1.807, 2.05) is 6.07 Å². The Kier molecular flexibility index (Phi) is 7.17. The van der Waals surface area contributed by atoms with Gasteiger partial charge in [0.15, 0.2) is 0 Å². The molecule has 152 valence electrons. The minimum absolute atomic E-state index is 0.0814. The molecule has 0 radical (unpaired) electrons. The van der Waals surface area contributed by atoms with Gasteiger partial charge in [-0.25, -0.2) is 5.43 Å². The van der Waals surface area contributed by atoms with Gasteiger partial charge in [0, 0.05) is 18.2 Å². The van der Waals surface area contributed by atoms with Crippen LogP contribution in [-0.2, 0) is 4.79 Å². The molecule has 6 nitrogen and oxygen atoms in total. The number of carbonyl (C=O) groups excluding carboxylic acids is 1. The zero-order valence-electron chi connectivity index (χ0n) is 16.5. The molecule has 28 heavy (non-hydrogen) atoms. The predicted octanol–water partition coefficient (Wildman–Crippen LogP) is 3.30. The van der Waals surface area contributed by atoms with E-state index in [1.54, 1.807) is 18.2 Å². The molecule has 3 rings (SSSR count). The van der Waals surface area contributed by atoms with Crippen LogP contribution in [0.15, 0.2) is 18.2 Å². The van der Waals surface area contributed by atoms with Crippen LogP contribution in [0.2, 0.25) is 5.02 Å². The van der Waals surface area contributed by atoms with Crippen LogP contribution in [0.25, 0.3) is 0 Å². The third-order valence-electron chi connectivity index (χ3n) is 5.71. The summed E-state index contributed by atoms with van der Waals surface area (Å²) >= 11 is 6.07. The number of nitrogens with zero attached hydrogens (tertiary/aromatic N) is 1. The number of nitriles is 1. The topological polar surface area (TPSA) is 86.2 Å². The summed E-state index contributed by atoms with van der Waals surface area (Å²) in [7, 11) is 0. The number of hydrazine groups is 1. The number of carbonyl (C=O) groups is 1. The van der Waals surface area contributed by atoms with Gasteiger partial charge in [0.2, 0.25) is 5.91 Å². The molecule has 1 heterocycles. The van der Waals surface area contributed by atoms with Crippen molar-refractivity contribution in [2.45, 2.75) is 76.6 Å². The minimum atomic E-state index is -0.162. The Labute approximate surface area is 171 Å². The van der Waals surface area contributed by atoms with Crippen LogP contribution in [0.4, 0.5) is 0 Å². The molecule has 1 amide bonds. The molecule has 2 aliphatic rings. The van der Waals surface area contributed by atoms with Crippen LogP contribution >= 0.6 is 11.6 Å². The third kappa shape index (κ3) is 5.38. The molecule has 1 saturated heterocycles. The van der Waals surface area contributed by atoms with E-state index in [2.05, 4.69) is 30.0 Å². The Morgan fingerprint density at radius 1 is 1.21 bits per heavy atom. The SMILES string of the molecule is CC(C)C1CCC(C(=O)NC2CCC(Oc3ccc(C#N)c(Cl)c3)CC2)NN1. The van der Waals surface area contributed by atoms with Crippen molar-refractivity contribution < 1.29 is 9.53 Å². The van der Waals surface area contributed by atoms with E-state index in [0.29, 0.717) is 28.3 Å². The van der Waals surface area contributed by atoms with Crippen molar-refractivity contribution in [1.82, 2.24) is 16.2 Å².